The number of aromatic nitrogens is 2. The summed E-state index contributed by atoms with van der Waals surface area (Å²) in [6, 6.07) is 0.0864. The molecular weight excluding hydrogens is 212 g/mol. The van der Waals surface area contributed by atoms with Gasteiger partial charge in [-0.2, -0.15) is 4.98 Å². The van der Waals surface area contributed by atoms with Crippen LogP contribution in [0.25, 0.3) is 0 Å². The van der Waals surface area contributed by atoms with Crippen LogP contribution in [-0.2, 0) is 9.63 Å². The van der Waals surface area contributed by atoms with Gasteiger partial charge in [-0.3, -0.25) is 10.1 Å². The molecule has 0 aliphatic carbocycles. The molecule has 0 unspecified atom stereocenters. The van der Waals surface area contributed by atoms with E-state index in [0.29, 0.717) is 24.6 Å². The summed E-state index contributed by atoms with van der Waals surface area (Å²) in [7, 11) is 0. The Morgan fingerprint density at radius 2 is 2.31 bits per heavy atom. The van der Waals surface area contributed by atoms with Crippen LogP contribution in [0, 0.1) is 0 Å². The molecule has 1 N–H and O–H groups in total. The van der Waals surface area contributed by atoms with E-state index in [9.17, 15) is 4.79 Å². The minimum Gasteiger partial charge on any atom is -0.395 e. The highest BCUT2D eigenvalue weighted by molar-refractivity contribution is 6.42. The van der Waals surface area contributed by atoms with Crippen LogP contribution in [0.5, 0.6) is 0 Å². The third-order valence-electron chi connectivity index (χ3n) is 2.05. The number of hydrogen-bond acceptors (Lipinski definition) is 6. The molecule has 1 aliphatic heterocycles. The van der Waals surface area contributed by atoms with Gasteiger partial charge in [0.25, 0.3) is 5.91 Å². The van der Waals surface area contributed by atoms with Crippen molar-refractivity contribution in [3.63, 3.8) is 0 Å². The van der Waals surface area contributed by atoms with Gasteiger partial charge in [0.2, 0.25) is 0 Å². The van der Waals surface area contributed by atoms with Gasteiger partial charge in [0.1, 0.15) is 12.3 Å². The molecule has 16 heavy (non-hydrogen) atoms. The smallest absolute Gasteiger partial charge is 0.328 e. The molecule has 1 aliphatic rings. The molecule has 7 heteroatoms. The first-order valence-electron chi connectivity index (χ1n) is 5.00. The number of hydrogen-bond donors (Lipinski definition) is 1. The van der Waals surface area contributed by atoms with Crippen molar-refractivity contribution in [1.29, 1.82) is 0 Å². The van der Waals surface area contributed by atoms with Crippen molar-refractivity contribution < 1.29 is 14.2 Å². The molecule has 0 fully saturated rings. The summed E-state index contributed by atoms with van der Waals surface area (Å²) < 4.78 is 4.87. The van der Waals surface area contributed by atoms with Crippen LogP contribution < -0.4 is 5.32 Å². The van der Waals surface area contributed by atoms with E-state index in [2.05, 4.69) is 20.6 Å². The highest BCUT2D eigenvalue weighted by Crippen LogP contribution is 2.12. The normalized spacial score (nSPS) is 14.8. The zero-order valence-corrected chi connectivity index (χ0v) is 9.06. The molecule has 0 atom stereocenters. The van der Waals surface area contributed by atoms with Crippen LogP contribution in [0.3, 0.4) is 0 Å². The zero-order valence-electron chi connectivity index (χ0n) is 9.06. The van der Waals surface area contributed by atoms with Crippen LogP contribution in [0.1, 0.15) is 32.0 Å². The Morgan fingerprint density at radius 1 is 1.50 bits per heavy atom. The van der Waals surface area contributed by atoms with Gasteiger partial charge in [-0.1, -0.05) is 24.2 Å². The molecule has 7 nitrogen and oxygen atoms in total. The fourth-order valence-corrected chi connectivity index (χ4v) is 1.16. The van der Waals surface area contributed by atoms with Crippen LogP contribution in [0.15, 0.2) is 9.68 Å². The van der Waals surface area contributed by atoms with E-state index in [-0.39, 0.29) is 17.8 Å². The molecule has 0 aromatic carbocycles. The standard InChI is InChI=1S/C9H12N4O3/c1-5(2)7-10-9(16-13-7)11-8(14)6-3-4-15-12-6/h5H,3-4H2,1-2H3,(H,10,11,13,14). The Morgan fingerprint density at radius 3 is 2.88 bits per heavy atom. The molecule has 0 saturated heterocycles. The van der Waals surface area contributed by atoms with Gasteiger partial charge in [0, 0.05) is 12.3 Å². The van der Waals surface area contributed by atoms with Gasteiger partial charge < -0.3 is 9.36 Å². The van der Waals surface area contributed by atoms with E-state index < -0.39 is 0 Å². The number of amides is 1. The predicted molar refractivity (Wildman–Crippen MR) is 55.0 cm³/mol. The summed E-state index contributed by atoms with van der Waals surface area (Å²) in [5.74, 6) is 0.345. The molecule has 0 bridgehead atoms. The van der Waals surface area contributed by atoms with Crippen molar-refractivity contribution >= 4 is 17.6 Å². The number of nitrogens with one attached hydrogen (secondary N) is 1. The molecule has 86 valence electrons. The lowest BCUT2D eigenvalue weighted by molar-refractivity contribution is -0.110. The largest absolute Gasteiger partial charge is 0.395 e. The Bertz CT molecular complexity index is 424. The van der Waals surface area contributed by atoms with Crippen molar-refractivity contribution in [3.8, 4) is 0 Å². The summed E-state index contributed by atoms with van der Waals surface area (Å²) in [5, 5.41) is 9.78. The summed E-state index contributed by atoms with van der Waals surface area (Å²) in [5.41, 5.74) is 0.337. The Kier molecular flexibility index (Phi) is 2.84. The van der Waals surface area contributed by atoms with E-state index in [1.807, 2.05) is 13.8 Å². The van der Waals surface area contributed by atoms with Gasteiger partial charge in [-0.15, -0.1) is 0 Å². The van der Waals surface area contributed by atoms with Crippen LogP contribution in [0.4, 0.5) is 6.01 Å². The minimum absolute atomic E-state index is 0.0864. The highest BCUT2D eigenvalue weighted by Gasteiger charge is 2.19. The first kappa shape index (κ1) is 10.6. The molecule has 1 aromatic heterocycles. The molecule has 1 amide bonds. The first-order valence-corrected chi connectivity index (χ1v) is 5.00. The highest BCUT2D eigenvalue weighted by atomic mass is 16.6. The molecular formula is C9H12N4O3. The number of nitrogens with zero attached hydrogens (tertiary/aromatic N) is 3. The molecule has 0 saturated carbocycles. The monoisotopic (exact) mass is 224 g/mol. The molecule has 1 aromatic rings. The quantitative estimate of drug-likeness (QED) is 0.824. The second-order valence-electron chi connectivity index (χ2n) is 3.69. The summed E-state index contributed by atoms with van der Waals surface area (Å²) in [6.07, 6.45) is 0.497. The van der Waals surface area contributed by atoms with Crippen LogP contribution in [-0.4, -0.2) is 28.4 Å². The van der Waals surface area contributed by atoms with Crippen molar-refractivity contribution in [3.05, 3.63) is 5.82 Å². The third kappa shape index (κ3) is 2.18. The maximum absolute atomic E-state index is 11.5. The van der Waals surface area contributed by atoms with Crippen molar-refractivity contribution in [1.82, 2.24) is 10.1 Å². The number of carbonyl (C=O) groups excluding carboxylic acids is 1. The third-order valence-corrected chi connectivity index (χ3v) is 2.05. The van der Waals surface area contributed by atoms with Gasteiger partial charge in [0.15, 0.2) is 5.82 Å². The lowest BCUT2D eigenvalue weighted by Gasteiger charge is -1.96. The second kappa shape index (κ2) is 4.30. The molecule has 0 radical (unpaired) electrons. The van der Waals surface area contributed by atoms with Gasteiger partial charge in [-0.05, 0) is 0 Å². The fourth-order valence-electron chi connectivity index (χ4n) is 1.16. The lowest BCUT2D eigenvalue weighted by atomic mass is 10.2. The fraction of sp³-hybridized carbons (Fsp3) is 0.556. The van der Waals surface area contributed by atoms with E-state index in [1.54, 1.807) is 0 Å². The minimum atomic E-state index is -0.364. The van der Waals surface area contributed by atoms with Gasteiger partial charge >= 0.3 is 6.01 Å². The maximum atomic E-state index is 11.5. The average Bonchev–Trinajstić information content (AvgIpc) is 2.87. The average molecular weight is 224 g/mol. The second-order valence-corrected chi connectivity index (χ2v) is 3.69. The van der Waals surface area contributed by atoms with E-state index in [4.69, 9.17) is 9.36 Å². The summed E-state index contributed by atoms with van der Waals surface area (Å²) >= 11 is 0. The topological polar surface area (TPSA) is 89.6 Å². The van der Waals surface area contributed by atoms with E-state index >= 15 is 0 Å². The number of carbonyl (C=O) groups is 1. The molecule has 2 rings (SSSR count). The predicted octanol–water partition coefficient (Wildman–Crippen LogP) is 0.908. The van der Waals surface area contributed by atoms with E-state index in [1.165, 1.54) is 0 Å². The molecule has 0 spiro atoms. The van der Waals surface area contributed by atoms with Crippen LogP contribution in [0.2, 0.25) is 0 Å². The van der Waals surface area contributed by atoms with Gasteiger partial charge in [0.05, 0.1) is 0 Å². The number of oxime groups is 1. The number of rotatable bonds is 3. The zero-order chi connectivity index (χ0) is 11.5. The Balaban J connectivity index is 2.00. The lowest BCUT2D eigenvalue weighted by Crippen LogP contribution is -2.21. The first-order chi connectivity index (χ1) is 7.66. The van der Waals surface area contributed by atoms with Crippen molar-refractivity contribution in [2.75, 3.05) is 11.9 Å². The van der Waals surface area contributed by atoms with Crippen molar-refractivity contribution in [2.45, 2.75) is 26.2 Å². The van der Waals surface area contributed by atoms with E-state index in [0.717, 1.165) is 0 Å². The summed E-state index contributed by atoms with van der Waals surface area (Å²) in [6.45, 7) is 4.31. The summed E-state index contributed by atoms with van der Waals surface area (Å²) in [4.78, 5) is 20.3. The molecule has 2 heterocycles. The maximum Gasteiger partial charge on any atom is 0.328 e. The van der Waals surface area contributed by atoms with Crippen LogP contribution >= 0.6 is 0 Å². The Labute approximate surface area is 91.8 Å². The Hall–Kier alpha value is -1.92. The van der Waals surface area contributed by atoms with Crippen molar-refractivity contribution in [2.24, 2.45) is 5.16 Å². The SMILES string of the molecule is CC(C)c1noc(NC(=O)C2=NOCC2)n1. The number of anilines is 1. The van der Waals surface area contributed by atoms with Gasteiger partial charge in [-0.25, -0.2) is 0 Å².